The molecule has 2 aliphatic heterocycles. The van der Waals surface area contributed by atoms with Crippen LogP contribution < -0.4 is 10.2 Å². The molecule has 1 saturated heterocycles. The number of pyridine rings is 1. The highest BCUT2D eigenvalue weighted by molar-refractivity contribution is 8.18. The maximum Gasteiger partial charge on any atom is 0.258 e. The highest BCUT2D eigenvalue weighted by Gasteiger charge is 2.33. The van der Waals surface area contributed by atoms with E-state index in [1.54, 1.807) is 13.1 Å². The van der Waals surface area contributed by atoms with Crippen molar-refractivity contribution in [2.75, 3.05) is 18.0 Å². The first-order valence-corrected chi connectivity index (χ1v) is 8.90. The number of rotatable bonds is 4. The van der Waals surface area contributed by atoms with Crippen molar-refractivity contribution in [3.05, 3.63) is 46.2 Å². The summed E-state index contributed by atoms with van der Waals surface area (Å²) in [6, 6.07) is 4.00. The van der Waals surface area contributed by atoms with Gasteiger partial charge in [-0.3, -0.25) is 15.2 Å². The molecule has 1 aromatic rings. The molecular formula is C18H21N5OS. The smallest absolute Gasteiger partial charge is 0.258 e. The fourth-order valence-corrected chi connectivity index (χ4v) is 3.96. The number of hydrogen-bond acceptors (Lipinski definition) is 6. The number of nitrogens with one attached hydrogen (secondary N) is 3. The minimum absolute atomic E-state index is 0.0985. The lowest BCUT2D eigenvalue weighted by Crippen LogP contribution is -2.59. The van der Waals surface area contributed by atoms with Gasteiger partial charge in [-0.05, 0) is 44.1 Å². The van der Waals surface area contributed by atoms with Gasteiger partial charge in [-0.25, -0.2) is 0 Å². The lowest BCUT2D eigenvalue weighted by Gasteiger charge is -2.41. The number of carbonyl (C=O) groups excluding carboxylic acids is 1. The quantitative estimate of drug-likeness (QED) is 0.724. The molecule has 0 aliphatic carbocycles. The zero-order valence-electron chi connectivity index (χ0n) is 14.5. The van der Waals surface area contributed by atoms with Crippen LogP contribution in [0.4, 0.5) is 5.69 Å². The summed E-state index contributed by atoms with van der Waals surface area (Å²) in [6.45, 7) is 6.90. The molecule has 1 aromatic heterocycles. The Morgan fingerprint density at radius 1 is 1.40 bits per heavy atom. The molecule has 0 spiro atoms. The largest absolute Gasteiger partial charge is 0.366 e. The number of amides is 1. The third kappa shape index (κ3) is 3.37. The highest BCUT2D eigenvalue weighted by Crippen LogP contribution is 2.39. The van der Waals surface area contributed by atoms with Gasteiger partial charge in [0.15, 0.2) is 0 Å². The fraction of sp³-hybridized carbons (Fsp3) is 0.333. The van der Waals surface area contributed by atoms with Crippen LogP contribution in [0.3, 0.4) is 0 Å². The van der Waals surface area contributed by atoms with Gasteiger partial charge in [0.2, 0.25) is 0 Å². The van der Waals surface area contributed by atoms with Crippen molar-refractivity contribution >= 4 is 34.1 Å². The highest BCUT2D eigenvalue weighted by atomic mass is 32.2. The third-order valence-electron chi connectivity index (χ3n) is 4.52. The molecule has 0 aromatic carbocycles. The summed E-state index contributed by atoms with van der Waals surface area (Å²) >= 11 is 1.18. The van der Waals surface area contributed by atoms with Crippen molar-refractivity contribution in [2.24, 2.45) is 0 Å². The predicted octanol–water partition coefficient (Wildman–Crippen LogP) is 2.74. The van der Waals surface area contributed by atoms with Crippen molar-refractivity contribution in [1.82, 2.24) is 10.3 Å². The van der Waals surface area contributed by atoms with E-state index in [4.69, 9.17) is 10.8 Å². The van der Waals surface area contributed by atoms with Crippen LogP contribution in [-0.2, 0) is 4.79 Å². The average Bonchev–Trinajstić information content (AvgIpc) is 2.85. The summed E-state index contributed by atoms with van der Waals surface area (Å²) in [5.41, 5.74) is 3.74. The summed E-state index contributed by atoms with van der Waals surface area (Å²) in [4.78, 5) is 19.4. The van der Waals surface area contributed by atoms with E-state index in [-0.39, 0.29) is 11.9 Å². The van der Waals surface area contributed by atoms with Crippen LogP contribution in [-0.4, -0.2) is 40.8 Å². The van der Waals surface area contributed by atoms with Gasteiger partial charge in [-0.2, -0.15) is 0 Å². The Bertz CT molecular complexity index is 806. The normalized spacial score (nSPS) is 19.8. The number of anilines is 1. The topological polar surface area (TPSA) is 92.9 Å². The van der Waals surface area contributed by atoms with Crippen molar-refractivity contribution in [3.63, 3.8) is 0 Å². The molecule has 0 unspecified atom stereocenters. The zero-order chi connectivity index (χ0) is 18.1. The van der Waals surface area contributed by atoms with Crippen LogP contribution in [0.25, 0.3) is 0 Å². The van der Waals surface area contributed by atoms with E-state index in [2.05, 4.69) is 15.2 Å². The molecule has 25 heavy (non-hydrogen) atoms. The minimum Gasteiger partial charge on any atom is -0.366 e. The molecule has 3 N–H and O–H groups in total. The Labute approximate surface area is 151 Å². The van der Waals surface area contributed by atoms with Gasteiger partial charge in [0.05, 0.1) is 27.9 Å². The zero-order valence-corrected chi connectivity index (χ0v) is 15.3. The van der Waals surface area contributed by atoms with Gasteiger partial charge in [0, 0.05) is 30.6 Å². The Hall–Kier alpha value is -2.41. The Morgan fingerprint density at radius 2 is 2.12 bits per heavy atom. The Balaban J connectivity index is 1.66. The van der Waals surface area contributed by atoms with Crippen LogP contribution in [0, 0.1) is 10.8 Å². The van der Waals surface area contributed by atoms with E-state index in [0.29, 0.717) is 21.2 Å². The van der Waals surface area contributed by atoms with E-state index < -0.39 is 0 Å². The lowest BCUT2D eigenvalue weighted by molar-refractivity contribution is -0.117. The van der Waals surface area contributed by atoms with Crippen molar-refractivity contribution in [1.29, 1.82) is 10.8 Å². The summed E-state index contributed by atoms with van der Waals surface area (Å²) in [5, 5.41) is 19.3. The first-order chi connectivity index (χ1) is 11.9. The number of carbonyl (C=O) groups is 1. The second-order valence-corrected chi connectivity index (χ2v) is 7.32. The van der Waals surface area contributed by atoms with E-state index in [1.165, 1.54) is 11.8 Å². The molecule has 7 heteroatoms. The van der Waals surface area contributed by atoms with Crippen LogP contribution in [0.15, 0.2) is 46.2 Å². The van der Waals surface area contributed by atoms with Gasteiger partial charge < -0.3 is 15.6 Å². The minimum atomic E-state index is -0.131. The van der Waals surface area contributed by atoms with Crippen LogP contribution in [0.1, 0.15) is 20.8 Å². The van der Waals surface area contributed by atoms with Crippen LogP contribution in [0.2, 0.25) is 0 Å². The molecule has 6 nitrogen and oxygen atoms in total. The van der Waals surface area contributed by atoms with Crippen LogP contribution >= 0.6 is 11.8 Å². The lowest BCUT2D eigenvalue weighted by atomic mass is 9.99. The number of aromatic nitrogens is 1. The molecule has 0 atom stereocenters. The molecule has 2 aliphatic rings. The molecular weight excluding hydrogens is 334 g/mol. The first kappa shape index (κ1) is 17.4. The summed E-state index contributed by atoms with van der Waals surface area (Å²) in [6.07, 6.45) is 3.56. The standard InChI is InChI=1S/C18H21N5OS/c1-10(12(3)19)15-11(2)16(25-17(15)20)18(24)22-13-8-23(9-13)14-5-4-6-21-7-14/h4-7,13,19-20H,8-9H2,1-3H3,(H,22,24)/b15-10-,19-12?,20-17?. The first-order valence-electron chi connectivity index (χ1n) is 8.08. The second kappa shape index (κ2) is 6.84. The molecule has 1 fully saturated rings. The number of allylic oxidation sites excluding steroid dienone is 2. The molecule has 3 heterocycles. The van der Waals surface area contributed by atoms with E-state index in [1.807, 2.05) is 32.2 Å². The van der Waals surface area contributed by atoms with Gasteiger partial charge in [-0.15, -0.1) is 0 Å². The van der Waals surface area contributed by atoms with Gasteiger partial charge in [0.1, 0.15) is 0 Å². The average molecular weight is 355 g/mol. The van der Waals surface area contributed by atoms with E-state index in [0.717, 1.165) is 29.9 Å². The third-order valence-corrected chi connectivity index (χ3v) is 5.62. The Morgan fingerprint density at radius 3 is 2.72 bits per heavy atom. The molecule has 0 bridgehead atoms. The maximum atomic E-state index is 12.6. The Kier molecular flexibility index (Phi) is 4.76. The number of hydrogen-bond donors (Lipinski definition) is 3. The van der Waals surface area contributed by atoms with Gasteiger partial charge in [0.25, 0.3) is 5.91 Å². The monoisotopic (exact) mass is 355 g/mol. The fourth-order valence-electron chi connectivity index (χ4n) is 2.94. The van der Waals surface area contributed by atoms with Crippen LogP contribution in [0.5, 0.6) is 0 Å². The summed E-state index contributed by atoms with van der Waals surface area (Å²) in [7, 11) is 0. The molecule has 1 amide bonds. The predicted molar refractivity (Wildman–Crippen MR) is 102 cm³/mol. The van der Waals surface area contributed by atoms with Crippen molar-refractivity contribution in [3.8, 4) is 0 Å². The van der Waals surface area contributed by atoms with E-state index in [9.17, 15) is 4.79 Å². The molecule has 0 radical (unpaired) electrons. The van der Waals surface area contributed by atoms with Gasteiger partial charge in [-0.1, -0.05) is 11.8 Å². The summed E-state index contributed by atoms with van der Waals surface area (Å²) < 4.78 is 0. The molecule has 0 saturated carbocycles. The molecule has 3 rings (SSSR count). The van der Waals surface area contributed by atoms with Gasteiger partial charge >= 0.3 is 0 Å². The maximum absolute atomic E-state index is 12.6. The summed E-state index contributed by atoms with van der Waals surface area (Å²) in [5.74, 6) is -0.131. The number of thioether (sulfide) groups is 1. The number of nitrogens with zero attached hydrogens (tertiary/aromatic N) is 2. The van der Waals surface area contributed by atoms with E-state index >= 15 is 0 Å². The van der Waals surface area contributed by atoms with Crippen molar-refractivity contribution < 1.29 is 4.79 Å². The SMILES string of the molecule is CC(=N)/C(C)=C1\C(=N)SC(C(=O)NC2CN(c3cccnc3)C2)=C1C. The van der Waals surface area contributed by atoms with Crippen molar-refractivity contribution in [2.45, 2.75) is 26.8 Å². The molecule has 130 valence electrons. The second-order valence-electron chi connectivity index (χ2n) is 6.30.